The summed E-state index contributed by atoms with van der Waals surface area (Å²) in [5, 5.41) is 0. The number of rotatable bonds is 5. The maximum atomic E-state index is 12.9. The Hall–Kier alpha value is -2.29. The van der Waals surface area contributed by atoms with E-state index in [1.165, 1.54) is 17.6 Å². The van der Waals surface area contributed by atoms with Gasteiger partial charge in [-0.3, -0.25) is 9.88 Å². The molecule has 0 spiro atoms. The molecule has 28 heavy (non-hydrogen) atoms. The van der Waals surface area contributed by atoms with Gasteiger partial charge in [0.1, 0.15) is 4.90 Å². The van der Waals surface area contributed by atoms with Crippen molar-refractivity contribution in [3.05, 3.63) is 59.9 Å². The summed E-state index contributed by atoms with van der Waals surface area (Å²) in [6, 6.07) is 10.6. The molecule has 0 radical (unpaired) electrons. The highest BCUT2D eigenvalue weighted by Gasteiger charge is 2.36. The predicted octanol–water partition coefficient (Wildman–Crippen LogP) is 2.15. The van der Waals surface area contributed by atoms with Crippen molar-refractivity contribution in [2.45, 2.75) is 37.4 Å². The standard InChI is InChI=1S/C20H25N3O4S/c1-15-12-22(28(25,26)19-5-4-10-21-11-19)13-16(2)23(15)14-17-6-8-18(9-7-17)20(24)27-3/h4-11,15-16H,12-14H2,1-3H3/t15-,16+. The molecule has 2 heterocycles. The maximum absolute atomic E-state index is 12.9. The van der Waals surface area contributed by atoms with Crippen LogP contribution in [0.15, 0.2) is 53.7 Å². The molecule has 2 atom stereocenters. The zero-order chi connectivity index (χ0) is 20.3. The number of nitrogens with zero attached hydrogens (tertiary/aromatic N) is 3. The van der Waals surface area contributed by atoms with Crippen molar-refractivity contribution >= 4 is 16.0 Å². The first-order valence-electron chi connectivity index (χ1n) is 9.16. The smallest absolute Gasteiger partial charge is 0.337 e. The number of pyridine rings is 1. The number of carbonyl (C=O) groups is 1. The van der Waals surface area contributed by atoms with E-state index in [-0.39, 0.29) is 22.9 Å². The van der Waals surface area contributed by atoms with E-state index in [9.17, 15) is 13.2 Å². The van der Waals surface area contributed by atoms with E-state index in [4.69, 9.17) is 4.74 Å². The third-order valence-corrected chi connectivity index (χ3v) is 6.90. The molecule has 0 N–H and O–H groups in total. The van der Waals surface area contributed by atoms with Crippen LogP contribution in [0.1, 0.15) is 29.8 Å². The van der Waals surface area contributed by atoms with Crippen LogP contribution in [0.3, 0.4) is 0 Å². The molecule has 2 aromatic rings. The number of piperazine rings is 1. The Labute approximate surface area is 166 Å². The van der Waals surface area contributed by atoms with Gasteiger partial charge in [-0.2, -0.15) is 4.31 Å². The van der Waals surface area contributed by atoms with Crippen LogP contribution in [0.4, 0.5) is 0 Å². The fourth-order valence-electron chi connectivity index (χ4n) is 3.54. The first-order valence-corrected chi connectivity index (χ1v) is 10.6. The highest BCUT2D eigenvalue weighted by Crippen LogP contribution is 2.24. The molecule has 1 saturated heterocycles. The van der Waals surface area contributed by atoms with Crippen LogP contribution >= 0.6 is 0 Å². The van der Waals surface area contributed by atoms with Crippen molar-refractivity contribution in [1.82, 2.24) is 14.2 Å². The summed E-state index contributed by atoms with van der Waals surface area (Å²) in [5.74, 6) is -0.359. The minimum atomic E-state index is -3.55. The van der Waals surface area contributed by atoms with Crippen LogP contribution in [-0.2, 0) is 21.3 Å². The second-order valence-electron chi connectivity index (χ2n) is 7.07. The molecule has 0 saturated carbocycles. The quantitative estimate of drug-likeness (QED) is 0.712. The molecule has 1 aromatic heterocycles. The van der Waals surface area contributed by atoms with Crippen LogP contribution in [0.25, 0.3) is 0 Å². The molecule has 1 aromatic carbocycles. The zero-order valence-corrected chi connectivity index (χ0v) is 17.1. The lowest BCUT2D eigenvalue weighted by molar-refractivity contribution is 0.0600. The van der Waals surface area contributed by atoms with Crippen LogP contribution < -0.4 is 0 Å². The van der Waals surface area contributed by atoms with Gasteiger partial charge in [-0.25, -0.2) is 13.2 Å². The van der Waals surface area contributed by atoms with Gasteiger partial charge in [-0.05, 0) is 43.7 Å². The fourth-order valence-corrected chi connectivity index (χ4v) is 5.11. The van der Waals surface area contributed by atoms with Crippen LogP contribution in [0.5, 0.6) is 0 Å². The third-order valence-electron chi connectivity index (χ3n) is 5.08. The molecule has 1 aliphatic heterocycles. The van der Waals surface area contributed by atoms with E-state index in [2.05, 4.69) is 9.88 Å². The lowest BCUT2D eigenvalue weighted by Gasteiger charge is -2.43. The van der Waals surface area contributed by atoms with E-state index >= 15 is 0 Å². The Kier molecular flexibility index (Phi) is 6.12. The highest BCUT2D eigenvalue weighted by atomic mass is 32.2. The summed E-state index contributed by atoms with van der Waals surface area (Å²) in [6.45, 7) is 5.59. The van der Waals surface area contributed by atoms with Gasteiger partial charge in [-0.15, -0.1) is 0 Å². The number of carbonyl (C=O) groups excluding carboxylic acids is 1. The Bertz CT molecular complexity index is 904. The number of benzene rings is 1. The molecule has 8 heteroatoms. The minimum absolute atomic E-state index is 0.0514. The van der Waals surface area contributed by atoms with Crippen molar-refractivity contribution in [2.24, 2.45) is 0 Å². The predicted molar refractivity (Wildman–Crippen MR) is 105 cm³/mol. The Morgan fingerprint density at radius 3 is 2.32 bits per heavy atom. The van der Waals surface area contributed by atoms with Crippen molar-refractivity contribution in [2.75, 3.05) is 20.2 Å². The molecule has 0 bridgehead atoms. The molecule has 0 amide bonds. The second kappa shape index (κ2) is 8.38. The molecule has 1 aliphatic rings. The summed E-state index contributed by atoms with van der Waals surface area (Å²) < 4.78 is 32.1. The van der Waals surface area contributed by atoms with Gasteiger partial charge in [-0.1, -0.05) is 12.1 Å². The largest absolute Gasteiger partial charge is 0.465 e. The molecule has 1 fully saturated rings. The molecule has 0 aliphatic carbocycles. The molecular formula is C20H25N3O4S. The van der Waals surface area contributed by atoms with Crippen molar-refractivity contribution < 1.29 is 17.9 Å². The van der Waals surface area contributed by atoms with Gasteiger partial charge in [0.15, 0.2) is 0 Å². The molecule has 0 unspecified atom stereocenters. The van der Waals surface area contributed by atoms with E-state index in [0.29, 0.717) is 25.2 Å². The lowest BCUT2D eigenvalue weighted by atomic mass is 10.1. The average molecular weight is 404 g/mol. The number of aromatic nitrogens is 1. The van der Waals surface area contributed by atoms with Gasteiger partial charge in [0, 0.05) is 44.1 Å². The van der Waals surface area contributed by atoms with Gasteiger partial charge in [0.25, 0.3) is 0 Å². The molecule has 150 valence electrons. The zero-order valence-electron chi connectivity index (χ0n) is 16.3. The minimum Gasteiger partial charge on any atom is -0.465 e. The van der Waals surface area contributed by atoms with Gasteiger partial charge in [0.2, 0.25) is 10.0 Å². The Morgan fingerprint density at radius 1 is 1.14 bits per heavy atom. The van der Waals surface area contributed by atoms with Crippen LogP contribution in [-0.4, -0.2) is 60.9 Å². The van der Waals surface area contributed by atoms with E-state index in [1.54, 1.807) is 30.5 Å². The van der Waals surface area contributed by atoms with Crippen LogP contribution in [0, 0.1) is 0 Å². The summed E-state index contributed by atoms with van der Waals surface area (Å²) in [7, 11) is -2.19. The molecular weight excluding hydrogens is 378 g/mol. The second-order valence-corrected chi connectivity index (χ2v) is 9.01. The summed E-state index contributed by atoms with van der Waals surface area (Å²) >= 11 is 0. The number of hydrogen-bond acceptors (Lipinski definition) is 6. The molecule has 7 nitrogen and oxygen atoms in total. The summed E-state index contributed by atoms with van der Waals surface area (Å²) in [6.07, 6.45) is 2.95. The number of ether oxygens (including phenoxy) is 1. The first kappa shape index (κ1) is 20.4. The number of hydrogen-bond donors (Lipinski definition) is 0. The molecule has 3 rings (SSSR count). The van der Waals surface area contributed by atoms with Crippen molar-refractivity contribution in [3.8, 4) is 0 Å². The Morgan fingerprint density at radius 2 is 1.79 bits per heavy atom. The fraction of sp³-hybridized carbons (Fsp3) is 0.400. The van der Waals surface area contributed by atoms with E-state index in [0.717, 1.165) is 5.56 Å². The topological polar surface area (TPSA) is 79.8 Å². The highest BCUT2D eigenvalue weighted by molar-refractivity contribution is 7.89. The third kappa shape index (κ3) is 4.24. The monoisotopic (exact) mass is 403 g/mol. The lowest BCUT2D eigenvalue weighted by Crippen LogP contribution is -2.57. The summed E-state index contributed by atoms with van der Waals surface area (Å²) in [5.41, 5.74) is 1.58. The summed E-state index contributed by atoms with van der Waals surface area (Å²) in [4.78, 5) is 18.0. The maximum Gasteiger partial charge on any atom is 0.337 e. The number of methoxy groups -OCH3 is 1. The van der Waals surface area contributed by atoms with Crippen molar-refractivity contribution in [1.29, 1.82) is 0 Å². The first-order chi connectivity index (χ1) is 13.3. The van der Waals surface area contributed by atoms with Crippen LogP contribution in [0.2, 0.25) is 0 Å². The van der Waals surface area contributed by atoms with Gasteiger partial charge < -0.3 is 4.74 Å². The van der Waals surface area contributed by atoms with E-state index < -0.39 is 10.0 Å². The normalized spacial score (nSPS) is 21.4. The Balaban J connectivity index is 1.71. The van der Waals surface area contributed by atoms with Crippen molar-refractivity contribution in [3.63, 3.8) is 0 Å². The van der Waals surface area contributed by atoms with Gasteiger partial charge >= 0.3 is 5.97 Å². The van der Waals surface area contributed by atoms with E-state index in [1.807, 2.05) is 26.0 Å². The SMILES string of the molecule is COC(=O)c1ccc(CN2[C@H](C)CN(S(=O)(=O)c3cccnc3)C[C@@H]2C)cc1. The number of sulfonamides is 1. The number of esters is 1. The van der Waals surface area contributed by atoms with Gasteiger partial charge in [0.05, 0.1) is 12.7 Å². The average Bonchev–Trinajstić information content (AvgIpc) is 2.71.